The van der Waals surface area contributed by atoms with Gasteiger partial charge in [0.25, 0.3) is 0 Å². The molecule has 0 fully saturated rings. The number of aromatic nitrogens is 5. The normalized spacial score (nSPS) is 11.8. The molecule has 7 nitrogen and oxygen atoms in total. The molecule has 1 aromatic carbocycles. The number of alkyl halides is 1. The van der Waals surface area contributed by atoms with Gasteiger partial charge >= 0.3 is 0 Å². The van der Waals surface area contributed by atoms with Crippen molar-refractivity contribution in [2.24, 2.45) is 0 Å². The SMILES string of the molecule is COc1cc(Nc2nc3cccc(C(C)(C)F)n3n2)ccc1-n1cnc(C)c1.[HH]. The minimum atomic E-state index is -1.53. The molecule has 0 amide bonds. The molecule has 0 bridgehead atoms. The first-order valence-corrected chi connectivity index (χ1v) is 8.86. The Morgan fingerprint density at radius 1 is 1.21 bits per heavy atom. The van der Waals surface area contributed by atoms with Crippen LogP contribution in [-0.4, -0.2) is 31.3 Å². The number of rotatable bonds is 5. The van der Waals surface area contributed by atoms with Crippen molar-refractivity contribution in [2.45, 2.75) is 26.4 Å². The van der Waals surface area contributed by atoms with Crippen LogP contribution in [0.15, 0.2) is 48.9 Å². The minimum Gasteiger partial charge on any atom is -0.494 e. The molecular formula is C20H23FN6O. The number of imidazole rings is 1. The lowest BCUT2D eigenvalue weighted by atomic mass is 10.1. The first-order valence-electron chi connectivity index (χ1n) is 8.86. The Hall–Kier alpha value is -3.42. The number of aryl methyl sites for hydroxylation is 1. The van der Waals surface area contributed by atoms with E-state index in [2.05, 4.69) is 20.4 Å². The molecule has 4 aromatic rings. The van der Waals surface area contributed by atoms with Gasteiger partial charge < -0.3 is 14.6 Å². The molecule has 8 heteroatoms. The molecule has 146 valence electrons. The Morgan fingerprint density at radius 2 is 2.04 bits per heavy atom. The summed E-state index contributed by atoms with van der Waals surface area (Å²) in [6, 6.07) is 11.0. The van der Waals surface area contributed by atoms with Crippen LogP contribution in [0.25, 0.3) is 11.3 Å². The van der Waals surface area contributed by atoms with Crippen molar-refractivity contribution in [3.8, 4) is 11.4 Å². The van der Waals surface area contributed by atoms with Gasteiger partial charge in [-0.3, -0.25) is 0 Å². The van der Waals surface area contributed by atoms with Gasteiger partial charge in [0.15, 0.2) is 5.65 Å². The molecule has 3 heterocycles. The van der Waals surface area contributed by atoms with Crippen LogP contribution in [0.5, 0.6) is 5.75 Å². The van der Waals surface area contributed by atoms with Crippen LogP contribution in [0.2, 0.25) is 0 Å². The fraction of sp³-hybridized carbons (Fsp3) is 0.250. The molecule has 0 aliphatic heterocycles. The predicted octanol–water partition coefficient (Wildman–Crippen LogP) is 4.43. The number of fused-ring (bicyclic) bond motifs is 1. The molecule has 0 saturated heterocycles. The third kappa shape index (κ3) is 3.28. The van der Waals surface area contributed by atoms with E-state index >= 15 is 0 Å². The number of benzene rings is 1. The highest BCUT2D eigenvalue weighted by Gasteiger charge is 2.23. The topological polar surface area (TPSA) is 69.3 Å². The number of halogens is 1. The molecule has 1 N–H and O–H groups in total. The third-order valence-electron chi connectivity index (χ3n) is 4.39. The van der Waals surface area contributed by atoms with Crippen molar-refractivity contribution in [3.63, 3.8) is 0 Å². The zero-order chi connectivity index (χ0) is 19.9. The van der Waals surface area contributed by atoms with Crippen LogP contribution in [0.3, 0.4) is 0 Å². The summed E-state index contributed by atoms with van der Waals surface area (Å²) in [7, 11) is 1.62. The maximum atomic E-state index is 14.5. The summed E-state index contributed by atoms with van der Waals surface area (Å²) in [5.41, 5.74) is 2.03. The lowest BCUT2D eigenvalue weighted by Crippen LogP contribution is -2.15. The monoisotopic (exact) mass is 382 g/mol. The molecule has 0 spiro atoms. The summed E-state index contributed by atoms with van der Waals surface area (Å²) in [5.74, 6) is 1.06. The summed E-state index contributed by atoms with van der Waals surface area (Å²) in [6.07, 6.45) is 3.67. The highest BCUT2D eigenvalue weighted by molar-refractivity contribution is 5.63. The molecule has 0 radical (unpaired) electrons. The number of hydrogen-bond acceptors (Lipinski definition) is 5. The molecule has 4 rings (SSSR count). The minimum absolute atomic E-state index is 0. The van der Waals surface area contributed by atoms with Crippen LogP contribution >= 0.6 is 0 Å². The van der Waals surface area contributed by atoms with Crippen molar-refractivity contribution < 1.29 is 10.6 Å². The first-order chi connectivity index (χ1) is 13.3. The van der Waals surface area contributed by atoms with Gasteiger partial charge in [0.05, 0.1) is 30.5 Å². The Morgan fingerprint density at radius 3 is 2.71 bits per heavy atom. The van der Waals surface area contributed by atoms with Crippen LogP contribution < -0.4 is 10.1 Å². The van der Waals surface area contributed by atoms with Crippen molar-refractivity contribution >= 4 is 17.3 Å². The van der Waals surface area contributed by atoms with E-state index in [1.54, 1.807) is 31.6 Å². The third-order valence-corrected chi connectivity index (χ3v) is 4.39. The van der Waals surface area contributed by atoms with Crippen molar-refractivity contribution in [1.29, 1.82) is 0 Å². The number of methoxy groups -OCH3 is 1. The molecule has 0 unspecified atom stereocenters. The van der Waals surface area contributed by atoms with Gasteiger partial charge in [-0.25, -0.2) is 13.9 Å². The number of pyridine rings is 1. The lowest BCUT2D eigenvalue weighted by Gasteiger charge is -2.14. The Kier molecular flexibility index (Phi) is 4.26. The zero-order valence-corrected chi connectivity index (χ0v) is 16.1. The van der Waals surface area contributed by atoms with E-state index in [0.29, 0.717) is 23.0 Å². The van der Waals surface area contributed by atoms with Crippen LogP contribution in [0, 0.1) is 6.92 Å². The van der Waals surface area contributed by atoms with Crippen LogP contribution in [0.1, 0.15) is 26.7 Å². The van der Waals surface area contributed by atoms with Gasteiger partial charge in [-0.2, -0.15) is 4.98 Å². The summed E-state index contributed by atoms with van der Waals surface area (Å²) in [6.45, 7) is 4.93. The largest absolute Gasteiger partial charge is 0.494 e. The maximum Gasteiger partial charge on any atom is 0.247 e. The average molecular weight is 382 g/mol. The number of hydrogen-bond donors (Lipinski definition) is 1. The Bertz CT molecular complexity index is 1150. The molecule has 0 atom stereocenters. The second kappa shape index (κ2) is 6.63. The van der Waals surface area contributed by atoms with Crippen LogP contribution in [-0.2, 0) is 5.67 Å². The highest BCUT2D eigenvalue weighted by atomic mass is 19.1. The number of anilines is 2. The van der Waals surface area contributed by atoms with Gasteiger partial charge in [-0.05, 0) is 45.0 Å². The van der Waals surface area contributed by atoms with E-state index in [1.807, 2.05) is 35.9 Å². The van der Waals surface area contributed by atoms with Gasteiger partial charge in [0.1, 0.15) is 11.4 Å². The quantitative estimate of drug-likeness (QED) is 0.553. The Labute approximate surface area is 163 Å². The summed E-state index contributed by atoms with van der Waals surface area (Å²) in [4.78, 5) is 8.69. The van der Waals surface area contributed by atoms with Crippen molar-refractivity contribution in [3.05, 3.63) is 60.3 Å². The van der Waals surface area contributed by atoms with Gasteiger partial charge in [0.2, 0.25) is 5.95 Å². The maximum absolute atomic E-state index is 14.5. The molecule has 28 heavy (non-hydrogen) atoms. The smallest absolute Gasteiger partial charge is 0.247 e. The van der Waals surface area contributed by atoms with E-state index in [9.17, 15) is 4.39 Å². The highest BCUT2D eigenvalue weighted by Crippen LogP contribution is 2.29. The standard InChI is InChI=1S/C20H21FN6O.H2/c1-13-11-26(12-22-13)15-9-8-14(10-16(15)28-4)23-19-24-18-7-5-6-17(20(2,3)21)27(18)25-19;/h5-12H,1-4H3,(H,23,25);1H. The van der Waals surface area contributed by atoms with Gasteiger partial charge in [-0.15, -0.1) is 5.10 Å². The van der Waals surface area contributed by atoms with E-state index < -0.39 is 5.67 Å². The Balaban J connectivity index is 0.00000240. The zero-order valence-electron chi connectivity index (χ0n) is 16.1. The molecular weight excluding hydrogens is 359 g/mol. The average Bonchev–Trinajstić information content (AvgIpc) is 3.25. The van der Waals surface area contributed by atoms with Gasteiger partial charge in [-0.1, -0.05) is 6.07 Å². The summed E-state index contributed by atoms with van der Waals surface area (Å²) >= 11 is 0. The van der Waals surface area contributed by atoms with E-state index in [1.165, 1.54) is 18.4 Å². The second-order valence-electron chi connectivity index (χ2n) is 7.02. The number of nitrogens with zero attached hydrogens (tertiary/aromatic N) is 5. The fourth-order valence-electron chi connectivity index (χ4n) is 3.06. The lowest BCUT2D eigenvalue weighted by molar-refractivity contribution is 0.210. The van der Waals surface area contributed by atoms with Gasteiger partial charge in [0, 0.05) is 19.4 Å². The fourth-order valence-corrected chi connectivity index (χ4v) is 3.06. The summed E-state index contributed by atoms with van der Waals surface area (Å²) in [5, 5.41) is 7.57. The number of ether oxygens (including phenoxy) is 1. The molecule has 0 aliphatic carbocycles. The van der Waals surface area contributed by atoms with Crippen molar-refractivity contribution in [2.75, 3.05) is 12.4 Å². The first kappa shape index (κ1) is 18.0. The van der Waals surface area contributed by atoms with E-state index in [4.69, 9.17) is 4.74 Å². The summed E-state index contributed by atoms with van der Waals surface area (Å²) < 4.78 is 23.4. The van der Waals surface area contributed by atoms with Crippen LogP contribution in [0.4, 0.5) is 16.0 Å². The van der Waals surface area contributed by atoms with E-state index in [-0.39, 0.29) is 1.43 Å². The van der Waals surface area contributed by atoms with E-state index in [0.717, 1.165) is 17.1 Å². The molecule has 0 saturated carbocycles. The predicted molar refractivity (Wildman–Crippen MR) is 107 cm³/mol. The van der Waals surface area contributed by atoms with Crippen molar-refractivity contribution in [1.82, 2.24) is 24.1 Å². The second-order valence-corrected chi connectivity index (χ2v) is 7.02. The number of nitrogens with one attached hydrogen (secondary N) is 1. The molecule has 0 aliphatic rings. The molecule has 3 aromatic heterocycles.